The number of likely N-dealkylation sites (tertiary alicyclic amines) is 1. The van der Waals surface area contributed by atoms with Gasteiger partial charge >= 0.3 is 0 Å². The number of hydrogen-bond donors (Lipinski definition) is 3. The second kappa shape index (κ2) is 14.7. The van der Waals surface area contributed by atoms with Crippen molar-refractivity contribution < 1.29 is 28.9 Å². The summed E-state index contributed by atoms with van der Waals surface area (Å²) in [7, 11) is 0. The Morgan fingerprint density at radius 1 is 1.13 bits per heavy atom. The number of ether oxygens (including phenoxy) is 1. The van der Waals surface area contributed by atoms with Gasteiger partial charge in [-0.1, -0.05) is 87.1 Å². The molecule has 0 bridgehead atoms. The van der Waals surface area contributed by atoms with Crippen molar-refractivity contribution >= 4 is 29.2 Å². The molecule has 13 heteroatoms. The number of benzene rings is 1. The smallest absolute Gasteiger partial charge is 0.243 e. The summed E-state index contributed by atoms with van der Waals surface area (Å²) in [4.78, 5) is 51.4. The molecule has 1 aliphatic heterocycles. The number of Topliss-reactive ketones (excluding diaryl/α,β-unsaturated/α-hetero) is 1. The van der Waals surface area contributed by atoms with Crippen molar-refractivity contribution in [2.45, 2.75) is 89.9 Å². The van der Waals surface area contributed by atoms with E-state index < -0.39 is 47.2 Å². The first-order valence-electron chi connectivity index (χ1n) is 15.7. The molecule has 46 heavy (non-hydrogen) atoms. The highest BCUT2D eigenvalue weighted by molar-refractivity contribution is 6.30. The zero-order chi connectivity index (χ0) is 32.8. The number of carbonyl (C=O) groups excluding carboxylic acids is 3. The van der Waals surface area contributed by atoms with Gasteiger partial charge in [0.15, 0.2) is 0 Å². The van der Waals surface area contributed by atoms with Crippen LogP contribution in [0.1, 0.15) is 74.9 Å². The van der Waals surface area contributed by atoms with Crippen LogP contribution in [0.4, 0.5) is 0 Å². The summed E-state index contributed by atoms with van der Waals surface area (Å²) in [5.41, 5.74) is 2.57. The Labute approximate surface area is 273 Å². The van der Waals surface area contributed by atoms with E-state index in [0.717, 1.165) is 24.8 Å². The number of pyridine rings is 1. The predicted octanol–water partition coefficient (Wildman–Crippen LogP) is 4.20. The van der Waals surface area contributed by atoms with Gasteiger partial charge in [-0.2, -0.15) is 10.5 Å². The van der Waals surface area contributed by atoms with Crippen molar-refractivity contribution in [3.63, 3.8) is 0 Å². The van der Waals surface area contributed by atoms with Crippen LogP contribution in [0.15, 0.2) is 53.2 Å². The van der Waals surface area contributed by atoms with E-state index in [1.807, 2.05) is 51.1 Å². The Morgan fingerprint density at radius 2 is 1.89 bits per heavy atom. The fourth-order valence-electron chi connectivity index (χ4n) is 5.83. The molecule has 1 saturated heterocycles. The summed E-state index contributed by atoms with van der Waals surface area (Å²) in [6.45, 7) is 5.50. The minimum Gasteiger partial charge on any atom is -0.472 e. The molecule has 2 amide bonds. The number of ketones is 1. The van der Waals surface area contributed by atoms with Crippen LogP contribution >= 0.6 is 11.6 Å². The van der Waals surface area contributed by atoms with E-state index in [4.69, 9.17) is 20.9 Å². The molecule has 1 saturated carbocycles. The molecule has 1 aliphatic carbocycles. The predicted molar refractivity (Wildman–Crippen MR) is 168 cm³/mol. The fraction of sp³-hybridized carbons (Fsp3) is 0.515. The Morgan fingerprint density at radius 3 is 2.52 bits per heavy atom. The Hall–Kier alpha value is -3.87. The number of amides is 2. The maximum atomic E-state index is 14.0. The first-order valence-corrected chi connectivity index (χ1v) is 16.1. The van der Waals surface area contributed by atoms with Gasteiger partial charge in [-0.15, -0.1) is 0 Å². The van der Waals surface area contributed by atoms with E-state index in [-0.39, 0.29) is 24.7 Å². The number of aryl methyl sites for hydroxylation is 2. The second-order valence-electron chi connectivity index (χ2n) is 13.2. The van der Waals surface area contributed by atoms with E-state index in [1.165, 1.54) is 11.1 Å². The lowest BCUT2D eigenvalue weighted by Gasteiger charge is -2.34. The van der Waals surface area contributed by atoms with Gasteiger partial charge in [0, 0.05) is 25.1 Å². The van der Waals surface area contributed by atoms with Crippen molar-refractivity contribution in [2.75, 3.05) is 6.54 Å². The lowest BCUT2D eigenvalue weighted by Crippen LogP contribution is -2.57. The summed E-state index contributed by atoms with van der Waals surface area (Å²) in [5.74, 6) is -0.570. The third-order valence-corrected chi connectivity index (χ3v) is 8.89. The average Bonchev–Trinajstić information content (AvgIpc) is 3.66. The van der Waals surface area contributed by atoms with Crippen LogP contribution in [0.5, 0.6) is 5.88 Å². The van der Waals surface area contributed by atoms with Crippen molar-refractivity contribution in [3.05, 3.63) is 71.0 Å². The monoisotopic (exact) mass is 652 g/mol. The maximum Gasteiger partial charge on any atom is 0.243 e. The minimum atomic E-state index is -0.990. The third-order valence-electron chi connectivity index (χ3n) is 8.66. The number of nitrogens with one attached hydrogen (secondary N) is 2. The van der Waals surface area contributed by atoms with Crippen molar-refractivity contribution in [1.29, 1.82) is 0 Å². The normalized spacial score (nSPS) is 19.7. The zero-order valence-electron chi connectivity index (χ0n) is 26.3. The number of carbonyl (C=O) groups is 3. The van der Waals surface area contributed by atoms with E-state index in [0.29, 0.717) is 36.1 Å². The van der Waals surface area contributed by atoms with Crippen LogP contribution in [0, 0.1) is 11.3 Å². The second-order valence-corrected chi connectivity index (χ2v) is 13.6. The van der Waals surface area contributed by atoms with Gasteiger partial charge < -0.3 is 24.7 Å². The van der Waals surface area contributed by atoms with Crippen molar-refractivity contribution in [1.82, 2.24) is 30.8 Å². The fourth-order valence-corrected chi connectivity index (χ4v) is 5.94. The topological polar surface area (TPSA) is 160 Å². The first kappa shape index (κ1) is 33.5. The molecular formula is C33H41ClN6O6. The first-order chi connectivity index (χ1) is 22.0. The average molecular weight is 653 g/mol. The molecule has 3 aromatic rings. The van der Waals surface area contributed by atoms with Gasteiger partial charge in [0.25, 0.3) is 0 Å². The van der Waals surface area contributed by atoms with Crippen molar-refractivity contribution in [2.24, 2.45) is 11.3 Å². The van der Waals surface area contributed by atoms with E-state index in [9.17, 15) is 19.6 Å². The summed E-state index contributed by atoms with van der Waals surface area (Å²) in [6.07, 6.45) is 5.60. The number of halogens is 1. The lowest BCUT2D eigenvalue weighted by molar-refractivity contribution is -0.145. The molecule has 1 unspecified atom stereocenters. The third kappa shape index (κ3) is 8.28. The maximum absolute atomic E-state index is 14.0. The summed E-state index contributed by atoms with van der Waals surface area (Å²) in [5, 5.41) is 17.2. The zero-order valence-corrected chi connectivity index (χ0v) is 27.1. The lowest BCUT2D eigenvalue weighted by atomic mass is 9.80. The molecule has 12 nitrogen and oxygen atoms in total. The summed E-state index contributed by atoms with van der Waals surface area (Å²) in [6, 6.07) is 10.3. The molecule has 2 aromatic heterocycles. The van der Waals surface area contributed by atoms with Crippen LogP contribution in [-0.2, 0) is 22.4 Å². The molecule has 2 aliphatic rings. The Bertz CT molecular complexity index is 1490. The summed E-state index contributed by atoms with van der Waals surface area (Å²) >= 11 is 5.97. The van der Waals surface area contributed by atoms with Crippen LogP contribution < -0.4 is 15.5 Å². The van der Waals surface area contributed by atoms with Gasteiger partial charge in [-0.3, -0.25) is 14.4 Å². The van der Waals surface area contributed by atoms with E-state index in [2.05, 4.69) is 25.9 Å². The molecule has 1 aromatic carbocycles. The molecule has 0 radical (unpaired) electrons. The van der Waals surface area contributed by atoms with Gasteiger partial charge in [-0.05, 0) is 35.8 Å². The SMILES string of the molecule is CC(C)(C)[C@H](NO)C(=O)N1C[C@H](Oc2ccc(Cl)cn2)C[C@H]1C(=O)NC(CC1CCC1)C(=O)c1noc(CCc2ccccc2)n1. The van der Waals surface area contributed by atoms with Gasteiger partial charge in [0.1, 0.15) is 18.2 Å². The van der Waals surface area contributed by atoms with Gasteiger partial charge in [0.2, 0.25) is 35.2 Å². The number of hydrogen-bond acceptors (Lipinski definition) is 10. The highest BCUT2D eigenvalue weighted by atomic mass is 35.5. The minimum absolute atomic E-state index is 0.0757. The molecule has 3 heterocycles. The van der Waals surface area contributed by atoms with E-state index in [1.54, 1.807) is 12.1 Å². The number of hydroxylamine groups is 1. The highest BCUT2D eigenvalue weighted by Crippen LogP contribution is 2.32. The molecular weight excluding hydrogens is 612 g/mol. The Balaban J connectivity index is 1.33. The van der Waals surface area contributed by atoms with Crippen LogP contribution in [-0.4, -0.2) is 73.6 Å². The standard InChI is InChI=1S/C33H41ClN6O6/c1-33(2,3)29(38-44)32(43)40-19-23(45-26-15-13-22(34)18-35-26)17-25(40)31(42)36-24(16-21-10-7-11-21)28(41)30-37-27(46-39-30)14-12-20-8-5-4-6-9-20/h4-6,8-9,13,15,18,21,23-25,29,38,44H,7,10-12,14,16-17,19H2,1-3H3,(H,36,42)/t23-,24?,25+,29-/m1/s1. The molecule has 0 spiro atoms. The van der Waals surface area contributed by atoms with Crippen LogP contribution in [0.2, 0.25) is 5.02 Å². The largest absolute Gasteiger partial charge is 0.472 e. The number of nitrogens with zero attached hydrogens (tertiary/aromatic N) is 4. The van der Waals surface area contributed by atoms with Crippen LogP contribution in [0.3, 0.4) is 0 Å². The van der Waals surface area contributed by atoms with E-state index >= 15 is 0 Å². The quantitative estimate of drug-likeness (QED) is 0.180. The summed E-state index contributed by atoms with van der Waals surface area (Å²) < 4.78 is 11.4. The van der Waals surface area contributed by atoms with Crippen LogP contribution in [0.25, 0.3) is 0 Å². The molecule has 3 N–H and O–H groups in total. The Kier molecular flexibility index (Phi) is 10.7. The number of aromatic nitrogens is 3. The van der Waals surface area contributed by atoms with Gasteiger partial charge in [-0.25, -0.2) is 4.98 Å². The molecule has 5 rings (SSSR count). The number of rotatable bonds is 13. The van der Waals surface area contributed by atoms with Gasteiger partial charge in [0.05, 0.1) is 17.6 Å². The molecule has 2 fully saturated rings. The highest BCUT2D eigenvalue weighted by Gasteiger charge is 2.46. The van der Waals surface area contributed by atoms with Crippen molar-refractivity contribution in [3.8, 4) is 5.88 Å². The molecule has 246 valence electrons. The molecule has 4 atom stereocenters.